The van der Waals surface area contributed by atoms with E-state index in [-0.39, 0.29) is 18.4 Å². The average Bonchev–Trinajstić information content (AvgIpc) is 3.26. The number of amides is 2. The fraction of sp³-hybridized carbons (Fsp3) is 0.174. The van der Waals surface area contributed by atoms with E-state index in [1.54, 1.807) is 29.1 Å². The molecular weight excluding hydrogens is 378 g/mol. The van der Waals surface area contributed by atoms with Crippen LogP contribution in [0.4, 0.5) is 11.5 Å². The Labute approximate surface area is 175 Å². The van der Waals surface area contributed by atoms with E-state index in [9.17, 15) is 9.59 Å². The van der Waals surface area contributed by atoms with Crippen LogP contribution in [-0.4, -0.2) is 47.1 Å². The second-order valence-electron chi connectivity index (χ2n) is 7.37. The van der Waals surface area contributed by atoms with Crippen LogP contribution in [0, 0.1) is 0 Å². The molecule has 0 atom stereocenters. The van der Waals surface area contributed by atoms with Gasteiger partial charge in [0.15, 0.2) is 0 Å². The molecule has 1 aliphatic heterocycles. The highest BCUT2D eigenvalue weighted by molar-refractivity contribution is 6.11. The minimum atomic E-state index is -0.304. The second kappa shape index (κ2) is 7.87. The molecule has 0 saturated heterocycles. The van der Waals surface area contributed by atoms with E-state index in [1.807, 2.05) is 55.4 Å². The van der Waals surface area contributed by atoms with Gasteiger partial charge in [0.25, 0.3) is 5.91 Å². The Balaban J connectivity index is 1.42. The molecule has 4 rings (SSSR count). The topological polar surface area (TPSA) is 70.5 Å². The zero-order chi connectivity index (χ0) is 21.3. The van der Waals surface area contributed by atoms with Crippen molar-refractivity contribution in [1.82, 2.24) is 14.7 Å². The molecule has 0 bridgehead atoms. The molecule has 1 aromatic heterocycles. The van der Waals surface area contributed by atoms with Crippen molar-refractivity contribution >= 4 is 29.0 Å². The van der Waals surface area contributed by atoms with Crippen molar-refractivity contribution in [3.63, 3.8) is 0 Å². The SMILES string of the molecule is C=C1c2ccccc2C(=O)N1CC(=O)Nc1ccnn1Cc1ccc(N(C)C)cc1. The van der Waals surface area contributed by atoms with Crippen LogP contribution in [0.5, 0.6) is 0 Å². The fourth-order valence-electron chi connectivity index (χ4n) is 3.47. The van der Waals surface area contributed by atoms with Crippen molar-refractivity contribution in [2.75, 3.05) is 30.9 Å². The standard InChI is InChI=1S/C23H23N5O2/c1-16-19-6-4-5-7-20(19)23(30)27(16)15-22(29)25-21-12-13-24-28(21)14-17-8-10-18(11-9-17)26(2)3/h4-13H,1,14-15H2,2-3H3,(H,25,29). The molecule has 0 unspecified atom stereocenters. The van der Waals surface area contributed by atoms with Crippen LogP contribution in [0.2, 0.25) is 0 Å². The third kappa shape index (κ3) is 3.69. The van der Waals surface area contributed by atoms with E-state index in [1.165, 1.54) is 4.90 Å². The number of carbonyl (C=O) groups excluding carboxylic acids is 2. The lowest BCUT2D eigenvalue weighted by molar-refractivity contribution is -0.116. The zero-order valence-corrected chi connectivity index (χ0v) is 17.0. The Morgan fingerprint density at radius 3 is 2.43 bits per heavy atom. The number of fused-ring (bicyclic) bond motifs is 1. The minimum absolute atomic E-state index is 0.102. The molecule has 1 aliphatic rings. The molecule has 7 heteroatoms. The van der Waals surface area contributed by atoms with Crippen molar-refractivity contribution in [1.29, 1.82) is 0 Å². The largest absolute Gasteiger partial charge is 0.378 e. The molecular formula is C23H23N5O2. The first kappa shape index (κ1) is 19.4. The number of nitrogens with zero attached hydrogens (tertiary/aromatic N) is 4. The first-order chi connectivity index (χ1) is 14.4. The summed E-state index contributed by atoms with van der Waals surface area (Å²) < 4.78 is 1.72. The summed E-state index contributed by atoms with van der Waals surface area (Å²) in [7, 11) is 3.99. The minimum Gasteiger partial charge on any atom is -0.378 e. The molecule has 0 saturated carbocycles. The van der Waals surface area contributed by atoms with Crippen molar-refractivity contribution in [2.24, 2.45) is 0 Å². The smallest absolute Gasteiger partial charge is 0.259 e. The van der Waals surface area contributed by atoms with Gasteiger partial charge in [0.1, 0.15) is 12.4 Å². The van der Waals surface area contributed by atoms with Crippen LogP contribution in [0.1, 0.15) is 21.5 Å². The van der Waals surface area contributed by atoms with E-state index >= 15 is 0 Å². The van der Waals surface area contributed by atoms with Gasteiger partial charge >= 0.3 is 0 Å². The van der Waals surface area contributed by atoms with Gasteiger partial charge in [0, 0.05) is 42.7 Å². The third-order valence-corrected chi connectivity index (χ3v) is 5.11. The molecule has 30 heavy (non-hydrogen) atoms. The number of nitrogens with one attached hydrogen (secondary N) is 1. The van der Waals surface area contributed by atoms with Crippen molar-refractivity contribution in [3.8, 4) is 0 Å². The molecule has 2 aromatic carbocycles. The molecule has 0 fully saturated rings. The van der Waals surface area contributed by atoms with Gasteiger partial charge in [-0.25, -0.2) is 4.68 Å². The molecule has 0 spiro atoms. The number of aromatic nitrogens is 2. The summed E-state index contributed by atoms with van der Waals surface area (Å²) in [5, 5.41) is 7.16. The van der Waals surface area contributed by atoms with E-state index in [0.717, 1.165) is 16.8 Å². The van der Waals surface area contributed by atoms with Gasteiger partial charge in [-0.2, -0.15) is 5.10 Å². The maximum absolute atomic E-state index is 12.6. The number of benzene rings is 2. The highest BCUT2D eigenvalue weighted by Crippen LogP contribution is 2.30. The molecule has 2 amide bonds. The normalized spacial score (nSPS) is 12.8. The third-order valence-electron chi connectivity index (χ3n) is 5.11. The molecule has 3 aromatic rings. The first-order valence-electron chi connectivity index (χ1n) is 9.62. The predicted octanol–water partition coefficient (Wildman–Crippen LogP) is 3.06. The van der Waals surface area contributed by atoms with Gasteiger partial charge in [-0.1, -0.05) is 36.9 Å². The quantitative estimate of drug-likeness (QED) is 0.689. The van der Waals surface area contributed by atoms with Crippen LogP contribution in [0.25, 0.3) is 5.70 Å². The zero-order valence-electron chi connectivity index (χ0n) is 17.0. The lowest BCUT2D eigenvalue weighted by Crippen LogP contribution is -2.33. The number of rotatable bonds is 6. The maximum Gasteiger partial charge on any atom is 0.259 e. The van der Waals surface area contributed by atoms with E-state index < -0.39 is 0 Å². The van der Waals surface area contributed by atoms with Crippen LogP contribution in [0.15, 0.2) is 67.4 Å². The van der Waals surface area contributed by atoms with Gasteiger partial charge in [-0.15, -0.1) is 0 Å². The Hall–Kier alpha value is -3.87. The lowest BCUT2D eigenvalue weighted by atomic mass is 10.1. The van der Waals surface area contributed by atoms with Crippen LogP contribution in [0.3, 0.4) is 0 Å². The summed E-state index contributed by atoms with van der Waals surface area (Å²) in [6.45, 7) is 4.40. The molecule has 2 heterocycles. The average molecular weight is 401 g/mol. The van der Waals surface area contributed by atoms with Gasteiger partial charge in [-0.3, -0.25) is 14.5 Å². The number of hydrogen-bond donors (Lipinski definition) is 1. The van der Waals surface area contributed by atoms with E-state index in [4.69, 9.17) is 0 Å². The number of carbonyl (C=O) groups is 2. The highest BCUT2D eigenvalue weighted by atomic mass is 16.2. The van der Waals surface area contributed by atoms with Crippen LogP contribution < -0.4 is 10.2 Å². The molecule has 7 nitrogen and oxygen atoms in total. The van der Waals surface area contributed by atoms with Crippen molar-refractivity contribution in [2.45, 2.75) is 6.54 Å². The summed E-state index contributed by atoms with van der Waals surface area (Å²) >= 11 is 0. The van der Waals surface area contributed by atoms with E-state index in [2.05, 4.69) is 17.0 Å². The van der Waals surface area contributed by atoms with Crippen molar-refractivity contribution < 1.29 is 9.59 Å². The summed E-state index contributed by atoms with van der Waals surface area (Å²) in [5.74, 6) is 0.0636. The Morgan fingerprint density at radius 1 is 1.07 bits per heavy atom. The van der Waals surface area contributed by atoms with Gasteiger partial charge in [0.05, 0.1) is 12.7 Å². The molecule has 0 aliphatic carbocycles. The molecule has 0 radical (unpaired) electrons. The first-order valence-corrected chi connectivity index (χ1v) is 9.62. The summed E-state index contributed by atoms with van der Waals surface area (Å²) in [5.41, 5.74) is 4.06. The molecule has 1 N–H and O–H groups in total. The Bertz CT molecular complexity index is 1080. The Morgan fingerprint density at radius 2 is 1.77 bits per heavy atom. The summed E-state index contributed by atoms with van der Waals surface area (Å²) in [6.07, 6.45) is 1.64. The molecule has 152 valence electrons. The van der Waals surface area contributed by atoms with E-state index in [0.29, 0.717) is 23.6 Å². The number of hydrogen-bond acceptors (Lipinski definition) is 4. The lowest BCUT2D eigenvalue weighted by Gasteiger charge is -2.17. The second-order valence-corrected chi connectivity index (χ2v) is 7.37. The van der Waals surface area contributed by atoms with Crippen LogP contribution >= 0.6 is 0 Å². The number of anilines is 2. The van der Waals surface area contributed by atoms with Crippen LogP contribution in [-0.2, 0) is 11.3 Å². The summed E-state index contributed by atoms with van der Waals surface area (Å²) in [4.78, 5) is 28.7. The highest BCUT2D eigenvalue weighted by Gasteiger charge is 2.31. The van der Waals surface area contributed by atoms with Gasteiger partial charge in [0.2, 0.25) is 5.91 Å². The Kier molecular flexibility index (Phi) is 5.10. The van der Waals surface area contributed by atoms with Gasteiger partial charge < -0.3 is 10.2 Å². The van der Waals surface area contributed by atoms with Crippen molar-refractivity contribution in [3.05, 3.63) is 84.1 Å². The van der Waals surface area contributed by atoms with Gasteiger partial charge in [-0.05, 0) is 23.8 Å². The monoisotopic (exact) mass is 401 g/mol. The summed E-state index contributed by atoms with van der Waals surface area (Å²) in [6, 6.07) is 17.1. The predicted molar refractivity (Wildman–Crippen MR) is 117 cm³/mol. The fourth-order valence-corrected chi connectivity index (χ4v) is 3.47. The maximum atomic E-state index is 12.6.